The van der Waals surface area contributed by atoms with Crippen molar-refractivity contribution >= 4 is 17.0 Å². The Kier molecular flexibility index (Phi) is 4.56. The first kappa shape index (κ1) is 20.3. The summed E-state index contributed by atoms with van der Waals surface area (Å²) in [4.78, 5) is 20.4. The zero-order valence-electron chi connectivity index (χ0n) is 15.5. The lowest BCUT2D eigenvalue weighted by atomic mass is 10.1. The number of aliphatic hydroxyl groups excluding tert-OH is 1. The third-order valence-electron chi connectivity index (χ3n) is 5.00. The molecule has 1 aliphatic rings. The smallest absolute Gasteiger partial charge is 0.390 e. The number of hydrogen-bond donors (Lipinski definition) is 2. The van der Waals surface area contributed by atoms with E-state index in [2.05, 4.69) is 15.1 Å². The second-order valence-electron chi connectivity index (χ2n) is 7.15. The fraction of sp³-hybridized carbons (Fsp3) is 0.389. The maximum atomic E-state index is 13.2. The summed E-state index contributed by atoms with van der Waals surface area (Å²) in [5.74, 6) is -2.94. The van der Waals surface area contributed by atoms with E-state index in [1.165, 1.54) is 21.7 Å². The minimum Gasteiger partial charge on any atom is -0.390 e. The van der Waals surface area contributed by atoms with Crippen molar-refractivity contribution in [1.29, 1.82) is 0 Å². The number of nitrogens with zero attached hydrogens (tertiary/aromatic N) is 4. The Balaban J connectivity index is 1.78. The van der Waals surface area contributed by atoms with Crippen LogP contribution in [0.3, 0.4) is 0 Å². The molecule has 1 aromatic carbocycles. The lowest BCUT2D eigenvalue weighted by molar-refractivity contribution is -0.137. The lowest BCUT2D eigenvalue weighted by Crippen LogP contribution is -2.57. The highest BCUT2D eigenvalue weighted by molar-refractivity contribution is 5.78. The van der Waals surface area contributed by atoms with Gasteiger partial charge in [0.15, 0.2) is 5.65 Å². The number of hydrogen-bond acceptors (Lipinski definition) is 5. The molecular weight excluding hydrogens is 413 g/mol. The van der Waals surface area contributed by atoms with Crippen LogP contribution in [0.2, 0.25) is 0 Å². The maximum Gasteiger partial charge on any atom is 0.416 e. The van der Waals surface area contributed by atoms with E-state index in [0.29, 0.717) is 5.56 Å². The van der Waals surface area contributed by atoms with E-state index in [4.69, 9.17) is 0 Å². The summed E-state index contributed by atoms with van der Waals surface area (Å²) >= 11 is 0. The predicted molar refractivity (Wildman–Crippen MR) is 96.5 cm³/mol. The van der Waals surface area contributed by atoms with Gasteiger partial charge in [0.05, 0.1) is 31.3 Å². The van der Waals surface area contributed by atoms with Gasteiger partial charge in [0.25, 0.3) is 11.5 Å². The molecule has 0 bridgehead atoms. The fourth-order valence-electron chi connectivity index (χ4n) is 3.39. The third kappa shape index (κ3) is 3.40. The molecule has 2 aromatic heterocycles. The van der Waals surface area contributed by atoms with Crippen molar-refractivity contribution in [3.63, 3.8) is 0 Å². The number of aromatic amines is 1. The maximum absolute atomic E-state index is 13.2. The van der Waals surface area contributed by atoms with Gasteiger partial charge in [-0.15, -0.1) is 0 Å². The number of anilines is 1. The van der Waals surface area contributed by atoms with Crippen LogP contribution in [0.1, 0.15) is 29.8 Å². The Bertz CT molecular complexity index is 1140. The van der Waals surface area contributed by atoms with Crippen LogP contribution in [0, 0.1) is 0 Å². The van der Waals surface area contributed by atoms with Crippen molar-refractivity contribution in [3.05, 3.63) is 51.4 Å². The van der Waals surface area contributed by atoms with E-state index in [-0.39, 0.29) is 22.7 Å². The van der Waals surface area contributed by atoms with E-state index in [1.54, 1.807) is 6.92 Å². The van der Waals surface area contributed by atoms with Crippen LogP contribution in [0.15, 0.2) is 29.1 Å². The van der Waals surface area contributed by atoms with Crippen LogP contribution in [-0.4, -0.2) is 43.9 Å². The fourth-order valence-corrected chi connectivity index (χ4v) is 3.39. The predicted octanol–water partition coefficient (Wildman–Crippen LogP) is 2.70. The third-order valence-corrected chi connectivity index (χ3v) is 5.00. The van der Waals surface area contributed by atoms with Crippen molar-refractivity contribution in [1.82, 2.24) is 19.7 Å². The Hall–Kier alpha value is -3.02. The molecule has 30 heavy (non-hydrogen) atoms. The summed E-state index contributed by atoms with van der Waals surface area (Å²) in [6, 6.07) is 3.78. The number of H-pyrrole nitrogens is 1. The Labute approximate surface area is 165 Å². The SMILES string of the molecule is C[C@@H](c1ccc(C(F)(F)F)cc1)n1nc(CO)c2c(=O)[nH]c(N3CC(F)(F)C3)nc21. The number of nitrogens with one attached hydrogen (secondary N) is 1. The number of aliphatic hydroxyl groups is 1. The van der Waals surface area contributed by atoms with E-state index in [9.17, 15) is 31.9 Å². The van der Waals surface area contributed by atoms with Crippen LogP contribution in [0.25, 0.3) is 11.0 Å². The molecule has 1 fully saturated rings. The van der Waals surface area contributed by atoms with Gasteiger partial charge in [-0.05, 0) is 24.6 Å². The zero-order chi connectivity index (χ0) is 21.8. The summed E-state index contributed by atoms with van der Waals surface area (Å²) in [6.07, 6.45) is -4.48. The number of halogens is 5. The van der Waals surface area contributed by atoms with Crippen molar-refractivity contribution in [2.24, 2.45) is 0 Å². The van der Waals surface area contributed by atoms with E-state index >= 15 is 0 Å². The first-order valence-corrected chi connectivity index (χ1v) is 8.92. The van der Waals surface area contributed by atoms with Crippen LogP contribution < -0.4 is 10.5 Å². The number of rotatable bonds is 4. The molecule has 160 valence electrons. The topological polar surface area (TPSA) is 87.0 Å². The molecule has 0 radical (unpaired) electrons. The molecule has 4 rings (SSSR count). The second-order valence-corrected chi connectivity index (χ2v) is 7.15. The molecule has 3 aromatic rings. The molecular formula is C18H16F5N5O2. The highest BCUT2D eigenvalue weighted by atomic mass is 19.4. The summed E-state index contributed by atoms with van der Waals surface area (Å²) in [5.41, 5.74) is -0.940. The van der Waals surface area contributed by atoms with Gasteiger partial charge in [-0.2, -0.15) is 23.3 Å². The van der Waals surface area contributed by atoms with E-state index in [1.807, 2.05) is 0 Å². The van der Waals surface area contributed by atoms with Gasteiger partial charge >= 0.3 is 6.18 Å². The van der Waals surface area contributed by atoms with Gasteiger partial charge in [-0.25, -0.2) is 13.5 Å². The van der Waals surface area contributed by atoms with Gasteiger partial charge in [0.1, 0.15) is 11.1 Å². The van der Waals surface area contributed by atoms with Gasteiger partial charge in [0.2, 0.25) is 5.95 Å². The van der Waals surface area contributed by atoms with Crippen LogP contribution >= 0.6 is 0 Å². The normalized spacial score (nSPS) is 17.2. The van der Waals surface area contributed by atoms with E-state index < -0.39 is 49.0 Å². The van der Waals surface area contributed by atoms with Gasteiger partial charge in [0, 0.05) is 0 Å². The molecule has 7 nitrogen and oxygen atoms in total. The molecule has 0 unspecified atom stereocenters. The van der Waals surface area contributed by atoms with Gasteiger partial charge in [-0.1, -0.05) is 12.1 Å². The van der Waals surface area contributed by atoms with Crippen molar-refractivity contribution in [3.8, 4) is 0 Å². The standard InChI is InChI=1S/C18H16F5N5O2/c1-9(10-2-4-11(5-3-10)18(21,22)23)28-14-13(12(6-29)26-28)15(30)25-16(24-14)27-7-17(19,20)8-27/h2-5,9,29H,6-8H2,1H3,(H,24,25,30)/t9-/m0/s1. The minimum absolute atomic E-state index is 0.00713. The summed E-state index contributed by atoms with van der Waals surface area (Å²) in [6.45, 7) is -0.139. The number of aromatic nitrogens is 4. The highest BCUT2D eigenvalue weighted by Gasteiger charge is 2.45. The van der Waals surface area contributed by atoms with Crippen LogP contribution in [-0.2, 0) is 12.8 Å². The van der Waals surface area contributed by atoms with Crippen LogP contribution in [0.4, 0.5) is 27.9 Å². The van der Waals surface area contributed by atoms with Crippen molar-refractivity contribution in [2.45, 2.75) is 31.7 Å². The molecule has 3 heterocycles. The molecule has 0 saturated carbocycles. The average molecular weight is 429 g/mol. The lowest BCUT2D eigenvalue weighted by Gasteiger charge is -2.38. The zero-order valence-corrected chi connectivity index (χ0v) is 15.5. The Morgan fingerprint density at radius 3 is 2.40 bits per heavy atom. The Morgan fingerprint density at radius 1 is 1.23 bits per heavy atom. The van der Waals surface area contributed by atoms with E-state index in [0.717, 1.165) is 12.1 Å². The monoisotopic (exact) mass is 429 g/mol. The molecule has 2 N–H and O–H groups in total. The first-order chi connectivity index (χ1) is 14.0. The molecule has 1 saturated heterocycles. The molecule has 0 amide bonds. The highest BCUT2D eigenvalue weighted by Crippen LogP contribution is 2.32. The average Bonchev–Trinajstić information content (AvgIpc) is 3.04. The molecule has 1 atom stereocenters. The molecule has 0 aliphatic carbocycles. The molecule has 12 heteroatoms. The summed E-state index contributed by atoms with van der Waals surface area (Å²) < 4.78 is 66.1. The second kappa shape index (κ2) is 6.76. The Morgan fingerprint density at radius 2 is 1.87 bits per heavy atom. The van der Waals surface area contributed by atoms with Gasteiger partial charge < -0.3 is 10.0 Å². The first-order valence-electron chi connectivity index (χ1n) is 8.92. The number of alkyl halides is 5. The van der Waals surface area contributed by atoms with Crippen molar-refractivity contribution in [2.75, 3.05) is 18.0 Å². The largest absolute Gasteiger partial charge is 0.416 e. The quantitative estimate of drug-likeness (QED) is 0.623. The summed E-state index contributed by atoms with van der Waals surface area (Å²) in [7, 11) is 0. The number of benzene rings is 1. The van der Waals surface area contributed by atoms with Crippen molar-refractivity contribution < 1.29 is 27.1 Å². The molecule has 0 spiro atoms. The number of fused-ring (bicyclic) bond motifs is 1. The van der Waals surface area contributed by atoms with Crippen LogP contribution in [0.5, 0.6) is 0 Å². The summed E-state index contributed by atoms with van der Waals surface area (Å²) in [5, 5.41) is 13.7. The minimum atomic E-state index is -4.48. The molecule has 1 aliphatic heterocycles. The van der Waals surface area contributed by atoms with Gasteiger partial charge in [-0.3, -0.25) is 9.78 Å².